The molecular formula is C19H23BrFNO. The maximum atomic E-state index is 13.3. The second-order valence-corrected chi connectivity index (χ2v) is 7.09. The number of methoxy groups -OCH3 is 1. The SMILES string of the molecule is COCc1c(C(C)C)nc(C(C)C)c(Br)c1-c1ccc(F)cc1. The second kappa shape index (κ2) is 7.54. The zero-order valence-corrected chi connectivity index (χ0v) is 15.9. The van der Waals surface area contributed by atoms with Crippen LogP contribution in [0.1, 0.15) is 56.5 Å². The first-order valence-electron chi connectivity index (χ1n) is 7.83. The average molecular weight is 380 g/mol. The Kier molecular flexibility index (Phi) is 5.93. The maximum Gasteiger partial charge on any atom is 0.123 e. The van der Waals surface area contributed by atoms with Gasteiger partial charge in [0.2, 0.25) is 0 Å². The van der Waals surface area contributed by atoms with Crippen LogP contribution in [0.15, 0.2) is 28.7 Å². The minimum atomic E-state index is -0.236. The molecule has 0 atom stereocenters. The van der Waals surface area contributed by atoms with Gasteiger partial charge in [0.1, 0.15) is 5.82 Å². The summed E-state index contributed by atoms with van der Waals surface area (Å²) in [4.78, 5) is 4.89. The Hall–Kier alpha value is -1.26. The minimum Gasteiger partial charge on any atom is -0.380 e. The van der Waals surface area contributed by atoms with Crippen molar-refractivity contribution in [3.8, 4) is 11.1 Å². The van der Waals surface area contributed by atoms with Gasteiger partial charge in [-0.25, -0.2) is 4.39 Å². The van der Waals surface area contributed by atoms with Crippen LogP contribution in [0.25, 0.3) is 11.1 Å². The molecule has 1 heterocycles. The summed E-state index contributed by atoms with van der Waals surface area (Å²) in [5.74, 6) is 0.336. The lowest BCUT2D eigenvalue weighted by atomic mass is 9.92. The molecule has 0 fully saturated rings. The van der Waals surface area contributed by atoms with Gasteiger partial charge in [-0.1, -0.05) is 39.8 Å². The van der Waals surface area contributed by atoms with Crippen molar-refractivity contribution < 1.29 is 9.13 Å². The standard InChI is InChI=1S/C19H23BrFNO/c1-11(2)18-15(10-23-5)16(13-6-8-14(21)9-7-13)17(20)19(22-18)12(3)4/h6-9,11-12H,10H2,1-5H3. The number of benzene rings is 1. The summed E-state index contributed by atoms with van der Waals surface area (Å²) in [6.45, 7) is 9.00. The van der Waals surface area contributed by atoms with Crippen LogP contribution in [0.2, 0.25) is 0 Å². The minimum absolute atomic E-state index is 0.236. The van der Waals surface area contributed by atoms with Crippen LogP contribution >= 0.6 is 15.9 Å². The number of halogens is 2. The third-order valence-electron chi connectivity index (χ3n) is 3.81. The predicted octanol–water partition coefficient (Wildman–Crippen LogP) is 6.04. The average Bonchev–Trinajstić information content (AvgIpc) is 2.48. The highest BCUT2D eigenvalue weighted by Crippen LogP contribution is 2.39. The molecule has 0 aliphatic rings. The first-order chi connectivity index (χ1) is 10.9. The Morgan fingerprint density at radius 1 is 1.04 bits per heavy atom. The summed E-state index contributed by atoms with van der Waals surface area (Å²) >= 11 is 3.73. The van der Waals surface area contributed by atoms with E-state index in [1.54, 1.807) is 7.11 Å². The van der Waals surface area contributed by atoms with E-state index in [9.17, 15) is 4.39 Å². The quantitative estimate of drug-likeness (QED) is 0.631. The van der Waals surface area contributed by atoms with Crippen molar-refractivity contribution >= 4 is 15.9 Å². The molecule has 0 saturated carbocycles. The van der Waals surface area contributed by atoms with Gasteiger partial charge in [-0.3, -0.25) is 4.98 Å². The van der Waals surface area contributed by atoms with Gasteiger partial charge in [0.05, 0.1) is 12.3 Å². The molecule has 0 amide bonds. The Morgan fingerprint density at radius 3 is 2.09 bits per heavy atom. The van der Waals surface area contributed by atoms with Crippen molar-refractivity contribution in [3.63, 3.8) is 0 Å². The van der Waals surface area contributed by atoms with Crippen molar-refractivity contribution in [3.05, 3.63) is 51.5 Å². The third-order valence-corrected chi connectivity index (χ3v) is 4.61. The first kappa shape index (κ1) is 18.1. The molecule has 23 heavy (non-hydrogen) atoms. The summed E-state index contributed by atoms with van der Waals surface area (Å²) in [6, 6.07) is 6.59. The molecule has 124 valence electrons. The molecule has 0 N–H and O–H groups in total. The van der Waals surface area contributed by atoms with Gasteiger partial charge in [0.25, 0.3) is 0 Å². The van der Waals surface area contributed by atoms with Gasteiger partial charge < -0.3 is 4.74 Å². The number of hydrogen-bond donors (Lipinski definition) is 0. The van der Waals surface area contributed by atoms with E-state index in [1.807, 2.05) is 12.1 Å². The Morgan fingerprint density at radius 2 is 1.61 bits per heavy atom. The molecular weight excluding hydrogens is 357 g/mol. The fourth-order valence-electron chi connectivity index (χ4n) is 2.70. The number of hydrogen-bond acceptors (Lipinski definition) is 2. The number of nitrogens with zero attached hydrogens (tertiary/aromatic N) is 1. The summed E-state index contributed by atoms with van der Waals surface area (Å²) in [6.07, 6.45) is 0. The Labute approximate surface area is 146 Å². The lowest BCUT2D eigenvalue weighted by Crippen LogP contribution is -2.09. The van der Waals surface area contributed by atoms with E-state index in [0.29, 0.717) is 6.61 Å². The van der Waals surface area contributed by atoms with E-state index in [1.165, 1.54) is 12.1 Å². The van der Waals surface area contributed by atoms with Crippen LogP contribution in [0.5, 0.6) is 0 Å². The summed E-state index contributed by atoms with van der Waals surface area (Å²) in [5.41, 5.74) is 5.14. The van der Waals surface area contributed by atoms with Gasteiger partial charge >= 0.3 is 0 Å². The molecule has 0 unspecified atom stereocenters. The fraction of sp³-hybridized carbons (Fsp3) is 0.421. The number of pyridine rings is 1. The fourth-order valence-corrected chi connectivity index (χ4v) is 3.72. The zero-order chi connectivity index (χ0) is 17.1. The summed E-state index contributed by atoms with van der Waals surface area (Å²) < 4.78 is 19.7. The van der Waals surface area contributed by atoms with Gasteiger partial charge in [0, 0.05) is 28.4 Å². The molecule has 0 aliphatic heterocycles. The van der Waals surface area contributed by atoms with Crippen molar-refractivity contribution in [2.75, 3.05) is 7.11 Å². The third kappa shape index (κ3) is 3.81. The smallest absolute Gasteiger partial charge is 0.123 e. The van der Waals surface area contributed by atoms with Crippen LogP contribution in [0.4, 0.5) is 4.39 Å². The van der Waals surface area contributed by atoms with E-state index in [-0.39, 0.29) is 17.7 Å². The Balaban J connectivity index is 2.81. The highest BCUT2D eigenvalue weighted by molar-refractivity contribution is 9.10. The largest absolute Gasteiger partial charge is 0.380 e. The molecule has 4 heteroatoms. The highest BCUT2D eigenvalue weighted by Gasteiger charge is 2.22. The second-order valence-electron chi connectivity index (χ2n) is 6.30. The molecule has 0 saturated heterocycles. The summed E-state index contributed by atoms with van der Waals surface area (Å²) in [5, 5.41) is 0. The van der Waals surface area contributed by atoms with Gasteiger partial charge in [0.15, 0.2) is 0 Å². The van der Waals surface area contributed by atoms with Crippen LogP contribution in [0.3, 0.4) is 0 Å². The van der Waals surface area contributed by atoms with Gasteiger partial charge in [-0.15, -0.1) is 0 Å². The van der Waals surface area contributed by atoms with Crippen LogP contribution in [0, 0.1) is 5.82 Å². The molecule has 2 aromatic rings. The molecule has 2 rings (SSSR count). The summed E-state index contributed by atoms with van der Waals surface area (Å²) in [7, 11) is 1.68. The first-order valence-corrected chi connectivity index (χ1v) is 8.63. The number of rotatable bonds is 5. The van der Waals surface area contributed by atoms with Gasteiger partial charge in [-0.2, -0.15) is 0 Å². The van der Waals surface area contributed by atoms with Crippen LogP contribution < -0.4 is 0 Å². The number of ether oxygens (including phenoxy) is 1. The van der Waals surface area contributed by atoms with E-state index < -0.39 is 0 Å². The zero-order valence-electron chi connectivity index (χ0n) is 14.3. The molecule has 1 aromatic heterocycles. The van der Waals surface area contributed by atoms with Crippen LogP contribution in [-0.4, -0.2) is 12.1 Å². The normalized spacial score (nSPS) is 11.5. The predicted molar refractivity (Wildman–Crippen MR) is 96.2 cm³/mol. The molecule has 1 aromatic carbocycles. The van der Waals surface area contributed by atoms with E-state index in [2.05, 4.69) is 43.6 Å². The lowest BCUT2D eigenvalue weighted by Gasteiger charge is -2.22. The monoisotopic (exact) mass is 379 g/mol. The molecule has 0 bridgehead atoms. The van der Waals surface area contributed by atoms with E-state index in [4.69, 9.17) is 9.72 Å². The van der Waals surface area contributed by atoms with Crippen molar-refractivity contribution in [2.24, 2.45) is 0 Å². The van der Waals surface area contributed by atoms with Crippen molar-refractivity contribution in [2.45, 2.75) is 46.1 Å². The maximum absolute atomic E-state index is 13.3. The molecule has 0 spiro atoms. The van der Waals surface area contributed by atoms with E-state index in [0.717, 1.165) is 32.6 Å². The van der Waals surface area contributed by atoms with Crippen LogP contribution in [-0.2, 0) is 11.3 Å². The van der Waals surface area contributed by atoms with E-state index >= 15 is 0 Å². The highest BCUT2D eigenvalue weighted by atomic mass is 79.9. The van der Waals surface area contributed by atoms with Crippen molar-refractivity contribution in [1.29, 1.82) is 0 Å². The van der Waals surface area contributed by atoms with Crippen molar-refractivity contribution in [1.82, 2.24) is 4.98 Å². The molecule has 0 aliphatic carbocycles. The lowest BCUT2D eigenvalue weighted by molar-refractivity contribution is 0.184. The molecule has 2 nitrogen and oxygen atoms in total. The molecule has 0 radical (unpaired) electrons. The topological polar surface area (TPSA) is 22.1 Å². The Bertz CT molecular complexity index is 681. The number of aromatic nitrogens is 1. The van der Waals surface area contributed by atoms with Gasteiger partial charge in [-0.05, 0) is 45.5 Å².